The lowest BCUT2D eigenvalue weighted by Crippen LogP contribution is -2.45. The van der Waals surface area contributed by atoms with Crippen LogP contribution in [0.5, 0.6) is 5.75 Å². The molecule has 0 bridgehead atoms. The quantitative estimate of drug-likeness (QED) is 0.820. The van der Waals surface area contributed by atoms with Gasteiger partial charge in [-0.2, -0.15) is 0 Å². The number of hydrogen-bond donors (Lipinski definition) is 2. The van der Waals surface area contributed by atoms with Gasteiger partial charge < -0.3 is 10.1 Å². The van der Waals surface area contributed by atoms with Crippen LogP contribution in [0.1, 0.15) is 48.0 Å². The first-order chi connectivity index (χ1) is 10.8. The molecular weight excluding hydrogens is 328 g/mol. The number of methoxy groups -OCH3 is 1. The molecule has 1 rings (SSSR count). The molecule has 0 atom stereocenters. The van der Waals surface area contributed by atoms with Crippen LogP contribution in [0.25, 0.3) is 0 Å². The highest BCUT2D eigenvalue weighted by Gasteiger charge is 2.31. The number of hydrogen-bond acceptors (Lipinski definition) is 4. The van der Waals surface area contributed by atoms with Gasteiger partial charge in [-0.05, 0) is 37.8 Å². The van der Waals surface area contributed by atoms with Crippen LogP contribution in [-0.2, 0) is 14.8 Å². The molecule has 0 spiro atoms. The van der Waals surface area contributed by atoms with E-state index in [-0.39, 0.29) is 16.2 Å². The number of nitrogens with one attached hydrogen (secondary N) is 2. The Morgan fingerprint density at radius 2 is 1.75 bits per heavy atom. The summed E-state index contributed by atoms with van der Waals surface area (Å²) in [6.45, 7) is 11.3. The van der Waals surface area contributed by atoms with Crippen LogP contribution in [0.15, 0.2) is 23.1 Å². The number of benzene rings is 1. The molecule has 6 nitrogen and oxygen atoms in total. The van der Waals surface area contributed by atoms with Crippen molar-refractivity contribution in [2.45, 2.75) is 58.4 Å². The summed E-state index contributed by atoms with van der Waals surface area (Å²) < 4.78 is 33.3. The van der Waals surface area contributed by atoms with Crippen molar-refractivity contribution in [3.8, 4) is 5.75 Å². The average Bonchev–Trinajstić information content (AvgIpc) is 2.33. The maximum atomic E-state index is 12.7. The molecule has 0 aromatic heterocycles. The zero-order valence-electron chi connectivity index (χ0n) is 15.5. The third-order valence-corrected chi connectivity index (χ3v) is 4.87. The van der Waals surface area contributed by atoms with Crippen molar-refractivity contribution in [1.82, 2.24) is 4.72 Å². The Morgan fingerprint density at radius 1 is 1.17 bits per heavy atom. The Morgan fingerprint density at radius 3 is 2.21 bits per heavy atom. The Labute approximate surface area is 145 Å². The summed E-state index contributed by atoms with van der Waals surface area (Å²) in [5.41, 5.74) is -0.183. The van der Waals surface area contributed by atoms with Gasteiger partial charge in [0.1, 0.15) is 5.75 Å². The topological polar surface area (TPSA) is 84.5 Å². The number of amides is 1. The number of carbonyl (C=O) groups excluding carboxylic acids is 1. The van der Waals surface area contributed by atoms with E-state index in [0.29, 0.717) is 17.9 Å². The van der Waals surface area contributed by atoms with E-state index in [2.05, 4.69) is 30.8 Å². The van der Waals surface area contributed by atoms with Gasteiger partial charge in [0, 0.05) is 18.5 Å². The van der Waals surface area contributed by atoms with E-state index in [4.69, 9.17) is 4.74 Å². The first-order valence-electron chi connectivity index (χ1n) is 7.75. The smallest absolute Gasteiger partial charge is 0.241 e. The second kappa shape index (κ2) is 7.11. The maximum Gasteiger partial charge on any atom is 0.241 e. The molecule has 0 aliphatic carbocycles. The second-order valence-corrected chi connectivity index (χ2v) is 9.45. The Balaban J connectivity index is 3.13. The molecule has 24 heavy (non-hydrogen) atoms. The minimum absolute atomic E-state index is 0.0149. The van der Waals surface area contributed by atoms with Crippen molar-refractivity contribution < 1.29 is 17.9 Å². The fraction of sp³-hybridized carbons (Fsp3) is 0.588. The third kappa shape index (κ3) is 6.13. The molecule has 0 aliphatic rings. The van der Waals surface area contributed by atoms with Crippen LogP contribution in [0.4, 0.5) is 5.69 Å². The Kier molecular flexibility index (Phi) is 6.05. The molecule has 0 saturated carbocycles. The highest BCUT2D eigenvalue weighted by atomic mass is 32.2. The predicted octanol–water partition coefficient (Wildman–Crippen LogP) is 3.15. The largest absolute Gasteiger partial charge is 0.495 e. The lowest BCUT2D eigenvalue weighted by molar-refractivity contribution is -0.114. The summed E-state index contributed by atoms with van der Waals surface area (Å²) >= 11 is 0. The van der Waals surface area contributed by atoms with Crippen molar-refractivity contribution in [2.24, 2.45) is 5.41 Å². The molecule has 1 aromatic rings. The van der Waals surface area contributed by atoms with E-state index in [1.165, 1.54) is 32.2 Å². The second-order valence-electron chi connectivity index (χ2n) is 7.77. The summed E-state index contributed by atoms with van der Waals surface area (Å²) in [6, 6.07) is 4.37. The molecule has 136 valence electrons. The van der Waals surface area contributed by atoms with Gasteiger partial charge in [-0.1, -0.05) is 20.8 Å². The van der Waals surface area contributed by atoms with Gasteiger partial charge in [-0.15, -0.1) is 0 Å². The number of anilines is 1. The van der Waals surface area contributed by atoms with Crippen molar-refractivity contribution in [3.63, 3.8) is 0 Å². The monoisotopic (exact) mass is 356 g/mol. The van der Waals surface area contributed by atoms with Gasteiger partial charge in [0.2, 0.25) is 15.9 Å². The molecule has 0 radical (unpaired) electrons. The molecule has 0 aliphatic heterocycles. The number of rotatable bonds is 6. The van der Waals surface area contributed by atoms with Crippen LogP contribution < -0.4 is 14.8 Å². The summed E-state index contributed by atoms with van der Waals surface area (Å²) in [5, 5.41) is 2.60. The van der Waals surface area contributed by atoms with E-state index in [0.717, 1.165) is 0 Å². The minimum atomic E-state index is -3.71. The fourth-order valence-electron chi connectivity index (χ4n) is 2.92. The van der Waals surface area contributed by atoms with Crippen LogP contribution in [0, 0.1) is 5.41 Å². The normalized spacial score (nSPS) is 12.8. The Hall–Kier alpha value is -1.60. The first-order valence-corrected chi connectivity index (χ1v) is 9.24. The van der Waals surface area contributed by atoms with Crippen molar-refractivity contribution in [2.75, 3.05) is 12.4 Å². The van der Waals surface area contributed by atoms with Crippen molar-refractivity contribution in [1.29, 1.82) is 0 Å². The van der Waals surface area contributed by atoms with Crippen molar-refractivity contribution in [3.05, 3.63) is 18.2 Å². The number of sulfonamides is 1. The molecule has 7 heteroatoms. The molecule has 0 unspecified atom stereocenters. The van der Waals surface area contributed by atoms with E-state index in [9.17, 15) is 13.2 Å². The highest BCUT2D eigenvalue weighted by Crippen LogP contribution is 2.30. The highest BCUT2D eigenvalue weighted by molar-refractivity contribution is 7.89. The lowest BCUT2D eigenvalue weighted by atomic mass is 9.82. The average molecular weight is 356 g/mol. The Bertz CT molecular complexity index is 704. The first kappa shape index (κ1) is 20.4. The van der Waals surface area contributed by atoms with Crippen LogP contribution in [0.2, 0.25) is 0 Å². The fourth-order valence-corrected chi connectivity index (χ4v) is 4.34. The molecule has 1 aromatic carbocycles. The lowest BCUT2D eigenvalue weighted by Gasteiger charge is -2.33. The molecule has 2 N–H and O–H groups in total. The zero-order chi connectivity index (χ0) is 18.8. The summed E-state index contributed by atoms with van der Waals surface area (Å²) in [4.78, 5) is 11.3. The van der Waals surface area contributed by atoms with E-state index in [1.54, 1.807) is 0 Å². The molecule has 0 heterocycles. The standard InChI is InChI=1S/C17H28N2O4S/c1-12(20)18-14-9-8-13(10-15(14)23-7)24(21,22)19-17(5,6)11-16(2,3)4/h8-10,19H,11H2,1-7H3,(H,18,20). The number of carbonyl (C=O) groups is 1. The molecule has 0 saturated heterocycles. The predicted molar refractivity (Wildman–Crippen MR) is 95.8 cm³/mol. The zero-order valence-corrected chi connectivity index (χ0v) is 16.3. The van der Waals surface area contributed by atoms with Crippen LogP contribution >= 0.6 is 0 Å². The van der Waals surface area contributed by atoms with Crippen molar-refractivity contribution >= 4 is 21.6 Å². The van der Waals surface area contributed by atoms with Gasteiger partial charge in [0.15, 0.2) is 0 Å². The molecule has 1 amide bonds. The summed E-state index contributed by atoms with van der Waals surface area (Å²) in [6.07, 6.45) is 0.681. The summed E-state index contributed by atoms with van der Waals surface area (Å²) in [7, 11) is -2.29. The minimum Gasteiger partial charge on any atom is -0.495 e. The van der Waals surface area contributed by atoms with E-state index >= 15 is 0 Å². The van der Waals surface area contributed by atoms with Gasteiger partial charge in [0.25, 0.3) is 0 Å². The maximum absolute atomic E-state index is 12.7. The molecule has 0 fully saturated rings. The molecular formula is C17H28N2O4S. The van der Waals surface area contributed by atoms with Crippen LogP contribution in [0.3, 0.4) is 0 Å². The SMILES string of the molecule is COc1cc(S(=O)(=O)NC(C)(C)CC(C)(C)C)ccc1NC(C)=O. The summed E-state index contributed by atoms with van der Waals surface area (Å²) in [5.74, 6) is 0.0371. The van der Waals surface area contributed by atoms with E-state index < -0.39 is 15.6 Å². The number of ether oxygens (including phenoxy) is 1. The van der Waals surface area contributed by atoms with Gasteiger partial charge in [-0.3, -0.25) is 4.79 Å². The third-order valence-electron chi connectivity index (χ3n) is 3.18. The van der Waals surface area contributed by atoms with Crippen LogP contribution in [-0.4, -0.2) is 27.0 Å². The van der Waals surface area contributed by atoms with Gasteiger partial charge >= 0.3 is 0 Å². The van der Waals surface area contributed by atoms with Gasteiger partial charge in [0.05, 0.1) is 17.7 Å². The van der Waals surface area contributed by atoms with Gasteiger partial charge in [-0.25, -0.2) is 13.1 Å². The van der Waals surface area contributed by atoms with E-state index in [1.807, 2.05) is 13.8 Å².